The molecule has 1 saturated carbocycles. The monoisotopic (exact) mass is 478 g/mol. The van der Waals surface area contributed by atoms with Gasteiger partial charge in [0.1, 0.15) is 0 Å². The lowest BCUT2D eigenvalue weighted by atomic mass is 9.66. The van der Waals surface area contributed by atoms with Crippen LogP contribution in [0, 0.1) is 0 Å². The Morgan fingerprint density at radius 1 is 0.517 bits per heavy atom. The summed E-state index contributed by atoms with van der Waals surface area (Å²) in [5.41, 5.74) is -17.1. The van der Waals surface area contributed by atoms with E-state index >= 15 is 0 Å². The smallest absolute Gasteiger partial charge is 0.257 e. The molecule has 0 saturated heterocycles. The van der Waals surface area contributed by atoms with Crippen molar-refractivity contribution in [3.63, 3.8) is 0 Å². The Morgan fingerprint density at radius 2 is 0.759 bits per heavy atom. The summed E-state index contributed by atoms with van der Waals surface area (Å²) in [5.74, 6) is -50.9. The highest BCUT2D eigenvalue weighted by Gasteiger charge is 3.08. The van der Waals surface area contributed by atoms with Crippen molar-refractivity contribution in [3.05, 3.63) is 0 Å². The van der Waals surface area contributed by atoms with E-state index in [1.165, 1.54) is 0 Å². The van der Waals surface area contributed by atoms with Crippen LogP contribution >= 0.6 is 0 Å². The Bertz CT molecular complexity index is 672. The first-order chi connectivity index (χ1) is 12.2. The van der Waals surface area contributed by atoms with Crippen LogP contribution in [-0.4, -0.2) is 59.1 Å². The molecule has 0 amide bonds. The minimum Gasteiger partial charge on any atom is -0.257 e. The third kappa shape index (κ3) is 2.16. The van der Waals surface area contributed by atoms with Gasteiger partial charge in [-0.05, 0) is 0 Å². The maximum absolute atomic E-state index is 14.0. The van der Waals surface area contributed by atoms with Gasteiger partial charge in [-0.15, -0.1) is 0 Å². The summed E-state index contributed by atoms with van der Waals surface area (Å²) in [4.78, 5) is 9.99. The van der Waals surface area contributed by atoms with E-state index in [9.17, 15) is 83.8 Å². The zero-order valence-corrected chi connectivity index (χ0v) is 12.2. The van der Waals surface area contributed by atoms with Gasteiger partial charge in [-0.1, -0.05) is 0 Å². The number of hydrogen-bond acceptors (Lipinski definition) is 1. The van der Waals surface area contributed by atoms with Crippen molar-refractivity contribution in [2.24, 2.45) is 0 Å². The normalized spacial score (nSPS) is 29.0. The first-order valence-corrected chi connectivity index (χ1v) is 6.11. The van der Waals surface area contributed by atoms with Crippen molar-refractivity contribution in [1.29, 1.82) is 0 Å². The fraction of sp³-hybridized carbons (Fsp3) is 0.900. The highest BCUT2D eigenvalue weighted by atomic mass is 19.4. The molecule has 0 bridgehead atoms. The van der Waals surface area contributed by atoms with E-state index in [4.69, 9.17) is 0 Å². The van der Waals surface area contributed by atoms with Crippen molar-refractivity contribution < 1.29 is 83.8 Å². The Kier molecular flexibility index (Phi) is 4.87. The standard InChI is InChI=1S/C10F18O/c11-1(29)2(12,10(26,27)28)4(14,15)3(13)5(16,17)7(20,21)9(24,25)8(22,23)6(3,18)19. The number of alkyl halides is 17. The molecular weight excluding hydrogens is 478 g/mol. The molecule has 0 radical (unpaired) electrons. The van der Waals surface area contributed by atoms with Gasteiger partial charge in [-0.2, -0.15) is 70.2 Å². The Labute approximate surface area is 144 Å². The van der Waals surface area contributed by atoms with Gasteiger partial charge in [-0.3, -0.25) is 4.79 Å². The molecule has 1 rings (SSSR count). The van der Waals surface area contributed by atoms with Crippen LogP contribution in [0.5, 0.6) is 0 Å². The average Bonchev–Trinajstić information content (AvgIpc) is 2.49. The molecule has 0 spiro atoms. The van der Waals surface area contributed by atoms with Crippen molar-refractivity contribution in [2.75, 3.05) is 0 Å². The summed E-state index contributed by atoms with van der Waals surface area (Å²) in [6.07, 6.45) is -8.02. The van der Waals surface area contributed by atoms with Gasteiger partial charge in [0, 0.05) is 0 Å². The molecule has 1 unspecified atom stereocenters. The molecule has 0 aromatic rings. The van der Waals surface area contributed by atoms with Crippen LogP contribution < -0.4 is 0 Å². The third-order valence-corrected chi connectivity index (χ3v) is 3.97. The Morgan fingerprint density at radius 3 is 0.966 bits per heavy atom. The van der Waals surface area contributed by atoms with E-state index in [2.05, 4.69) is 0 Å². The predicted octanol–water partition coefficient (Wildman–Crippen LogP) is 5.29. The second kappa shape index (κ2) is 5.55. The molecule has 1 aliphatic carbocycles. The fourth-order valence-corrected chi connectivity index (χ4v) is 2.27. The molecule has 1 fully saturated rings. The average molecular weight is 478 g/mol. The molecule has 1 atom stereocenters. The van der Waals surface area contributed by atoms with Gasteiger partial charge in [0.2, 0.25) is 0 Å². The van der Waals surface area contributed by atoms with E-state index in [1.807, 2.05) is 0 Å². The third-order valence-electron chi connectivity index (χ3n) is 3.97. The molecule has 1 nitrogen and oxygen atoms in total. The summed E-state index contributed by atoms with van der Waals surface area (Å²) in [7, 11) is 0. The van der Waals surface area contributed by atoms with E-state index < -0.39 is 59.1 Å². The van der Waals surface area contributed by atoms with Crippen molar-refractivity contribution in [1.82, 2.24) is 0 Å². The second-order valence-electron chi connectivity index (χ2n) is 5.53. The zero-order valence-electron chi connectivity index (χ0n) is 12.2. The van der Waals surface area contributed by atoms with Crippen LogP contribution in [0.4, 0.5) is 79.0 Å². The largest absolute Gasteiger partial charge is 0.438 e. The summed E-state index contributed by atoms with van der Waals surface area (Å²) in [5, 5.41) is 0. The van der Waals surface area contributed by atoms with E-state index in [0.29, 0.717) is 0 Å². The van der Waals surface area contributed by atoms with Crippen LogP contribution in [0.15, 0.2) is 0 Å². The number of carbonyl (C=O) groups is 1. The number of carbonyl (C=O) groups excluding carboxylic acids is 1. The van der Waals surface area contributed by atoms with Gasteiger partial charge < -0.3 is 0 Å². The van der Waals surface area contributed by atoms with Gasteiger partial charge >= 0.3 is 59.1 Å². The van der Waals surface area contributed by atoms with E-state index in [0.717, 1.165) is 0 Å². The van der Waals surface area contributed by atoms with Gasteiger partial charge in [0.05, 0.1) is 0 Å². The molecule has 0 aromatic heterocycles. The maximum atomic E-state index is 14.0. The summed E-state index contributed by atoms with van der Waals surface area (Å²) < 4.78 is 235. The van der Waals surface area contributed by atoms with Gasteiger partial charge in [-0.25, -0.2) is 8.78 Å². The van der Waals surface area contributed by atoms with Crippen molar-refractivity contribution in [3.8, 4) is 0 Å². The highest BCUT2D eigenvalue weighted by Crippen LogP contribution is 2.74. The predicted molar refractivity (Wildman–Crippen MR) is 49.5 cm³/mol. The molecular formula is C10F18O. The SMILES string of the molecule is O=C(F)C(F)(C(F)(F)F)C(F)(F)C1(F)C(F)(F)C(F)(F)C(F)(F)C(F)(F)C1(F)F. The molecule has 0 heterocycles. The lowest BCUT2D eigenvalue weighted by Gasteiger charge is -2.55. The van der Waals surface area contributed by atoms with Gasteiger partial charge in [0.15, 0.2) is 0 Å². The first kappa shape index (κ1) is 25.4. The lowest BCUT2D eigenvalue weighted by Crippen LogP contribution is -2.90. The first-order valence-electron chi connectivity index (χ1n) is 6.11. The maximum Gasteiger partial charge on any atom is 0.438 e. The topological polar surface area (TPSA) is 17.1 Å². The van der Waals surface area contributed by atoms with E-state index in [1.54, 1.807) is 0 Å². The summed E-state index contributed by atoms with van der Waals surface area (Å²) in [6.45, 7) is 0. The quantitative estimate of drug-likeness (QED) is 0.399. The highest BCUT2D eigenvalue weighted by molar-refractivity contribution is 5.81. The lowest BCUT2D eigenvalue weighted by molar-refractivity contribution is -0.514. The number of rotatable bonds is 3. The molecule has 29 heavy (non-hydrogen) atoms. The molecule has 172 valence electrons. The molecule has 0 N–H and O–H groups in total. The summed E-state index contributed by atoms with van der Waals surface area (Å²) in [6, 6.07) is -5.32. The molecule has 0 aliphatic heterocycles. The second-order valence-corrected chi connectivity index (χ2v) is 5.53. The minimum atomic E-state index is -8.92. The van der Waals surface area contributed by atoms with Crippen molar-refractivity contribution >= 4 is 6.04 Å². The Balaban J connectivity index is 4.23. The van der Waals surface area contributed by atoms with Crippen molar-refractivity contribution in [2.45, 2.75) is 53.0 Å². The van der Waals surface area contributed by atoms with Crippen LogP contribution in [0.2, 0.25) is 0 Å². The van der Waals surface area contributed by atoms with Gasteiger partial charge in [0.25, 0.3) is 0 Å². The number of halogens is 18. The van der Waals surface area contributed by atoms with Crippen LogP contribution in [0.25, 0.3) is 0 Å². The fourth-order valence-electron chi connectivity index (χ4n) is 2.27. The van der Waals surface area contributed by atoms with Crippen LogP contribution in [-0.2, 0) is 4.79 Å². The molecule has 19 heteroatoms. The van der Waals surface area contributed by atoms with Crippen LogP contribution in [0.3, 0.4) is 0 Å². The molecule has 1 aliphatic rings. The number of hydrogen-bond donors (Lipinski definition) is 0. The summed E-state index contributed by atoms with van der Waals surface area (Å²) >= 11 is 0. The molecule has 0 aromatic carbocycles. The zero-order chi connectivity index (χ0) is 24.1. The minimum absolute atomic E-state index is 5.32. The van der Waals surface area contributed by atoms with E-state index in [-0.39, 0.29) is 0 Å². The van der Waals surface area contributed by atoms with Crippen LogP contribution in [0.1, 0.15) is 0 Å². The Hall–Kier alpha value is -1.59.